The van der Waals surface area contributed by atoms with Crippen molar-refractivity contribution in [3.05, 3.63) is 35.9 Å². The van der Waals surface area contributed by atoms with Gasteiger partial charge in [0.15, 0.2) is 0 Å². The molecule has 0 fully saturated rings. The van der Waals surface area contributed by atoms with Gasteiger partial charge in [-0.3, -0.25) is 9.59 Å². The summed E-state index contributed by atoms with van der Waals surface area (Å²) in [7, 11) is 2.89. The van der Waals surface area contributed by atoms with Gasteiger partial charge in [0.2, 0.25) is 17.7 Å². The Labute approximate surface area is 144 Å². The van der Waals surface area contributed by atoms with Gasteiger partial charge in [-0.05, 0) is 19.1 Å². The summed E-state index contributed by atoms with van der Waals surface area (Å²) in [4.78, 5) is 31.5. The zero-order valence-corrected chi connectivity index (χ0v) is 14.0. The fraction of sp³-hybridized carbons (Fsp3) is 0.250. The summed E-state index contributed by atoms with van der Waals surface area (Å²) in [6, 6.07) is 7.05. The minimum atomic E-state index is -0.825. The molecule has 9 heteroatoms. The molecule has 2 amide bonds. The first-order valence-electron chi connectivity index (χ1n) is 7.28. The Bertz CT molecular complexity index is 759. The number of amides is 2. The van der Waals surface area contributed by atoms with Crippen LogP contribution in [0.25, 0.3) is 0 Å². The van der Waals surface area contributed by atoms with E-state index in [0.717, 1.165) is 0 Å². The Morgan fingerprint density at radius 3 is 2.28 bits per heavy atom. The highest BCUT2D eigenvalue weighted by molar-refractivity contribution is 5.99. The molecule has 1 atom stereocenters. The molecule has 1 aromatic carbocycles. The number of nitrogens with zero attached hydrogens (tertiary/aromatic N) is 2. The van der Waals surface area contributed by atoms with Crippen LogP contribution < -0.4 is 25.3 Å². The smallest absolute Gasteiger partial charge is 0.328 e. The van der Waals surface area contributed by atoms with E-state index in [0.29, 0.717) is 0 Å². The van der Waals surface area contributed by atoms with Crippen molar-refractivity contribution >= 4 is 11.8 Å². The van der Waals surface area contributed by atoms with Crippen LogP contribution in [0.3, 0.4) is 0 Å². The van der Waals surface area contributed by atoms with Crippen molar-refractivity contribution in [2.24, 2.45) is 5.73 Å². The normalized spacial score (nSPS) is 11.3. The van der Waals surface area contributed by atoms with Crippen LogP contribution in [0.4, 0.5) is 0 Å². The number of primary amides is 1. The number of nitrogens with one attached hydrogen (secondary N) is 1. The van der Waals surface area contributed by atoms with E-state index in [2.05, 4.69) is 15.3 Å². The van der Waals surface area contributed by atoms with Crippen LogP contribution >= 0.6 is 0 Å². The molecular formula is C16H18N4O5. The molecule has 0 radical (unpaired) electrons. The van der Waals surface area contributed by atoms with Gasteiger partial charge >= 0.3 is 6.01 Å². The lowest BCUT2D eigenvalue weighted by Gasteiger charge is -2.13. The van der Waals surface area contributed by atoms with Crippen molar-refractivity contribution in [1.29, 1.82) is 0 Å². The SMILES string of the molecule is COc1cc(OC)nc(Oc2ccccc2C(=O)NC(C)C(N)=O)n1. The van der Waals surface area contributed by atoms with Crippen LogP contribution in [0.2, 0.25) is 0 Å². The number of aromatic nitrogens is 2. The third-order valence-corrected chi connectivity index (χ3v) is 3.18. The molecule has 1 unspecified atom stereocenters. The standard InChI is InChI=1S/C16H18N4O5/c1-9(14(17)21)18-15(22)10-6-4-5-7-11(10)25-16-19-12(23-2)8-13(20-16)24-3/h4-9H,1-3H3,(H2,17,21)(H,18,22). The second-order valence-corrected chi connectivity index (χ2v) is 4.93. The molecule has 3 N–H and O–H groups in total. The Balaban J connectivity index is 2.29. The minimum absolute atomic E-state index is 0.0561. The molecule has 0 spiro atoms. The fourth-order valence-corrected chi connectivity index (χ4v) is 1.83. The molecule has 1 heterocycles. The van der Waals surface area contributed by atoms with Gasteiger partial charge in [0.05, 0.1) is 25.8 Å². The van der Waals surface area contributed by atoms with Crippen molar-refractivity contribution in [1.82, 2.24) is 15.3 Å². The van der Waals surface area contributed by atoms with Gasteiger partial charge in [-0.15, -0.1) is 0 Å². The maximum atomic E-state index is 12.3. The van der Waals surface area contributed by atoms with Crippen molar-refractivity contribution in [2.75, 3.05) is 14.2 Å². The summed E-state index contributed by atoms with van der Waals surface area (Å²) < 4.78 is 15.7. The third kappa shape index (κ3) is 4.56. The number of hydrogen-bond donors (Lipinski definition) is 2. The van der Waals surface area contributed by atoms with Crippen molar-refractivity contribution in [3.8, 4) is 23.5 Å². The van der Waals surface area contributed by atoms with Gasteiger partial charge in [-0.1, -0.05) is 12.1 Å². The molecule has 0 saturated heterocycles. The number of carbonyl (C=O) groups is 2. The Hall–Kier alpha value is -3.36. The lowest BCUT2D eigenvalue weighted by Crippen LogP contribution is -2.42. The average molecular weight is 346 g/mol. The monoisotopic (exact) mass is 346 g/mol. The molecule has 132 valence electrons. The molecule has 2 aromatic rings. The van der Waals surface area contributed by atoms with Gasteiger partial charge in [-0.25, -0.2) is 0 Å². The second-order valence-electron chi connectivity index (χ2n) is 4.93. The number of benzene rings is 1. The van der Waals surface area contributed by atoms with Crippen LogP contribution in [0, 0.1) is 0 Å². The first kappa shape index (κ1) is 18.0. The van der Waals surface area contributed by atoms with Crippen molar-refractivity contribution in [2.45, 2.75) is 13.0 Å². The highest BCUT2D eigenvalue weighted by Crippen LogP contribution is 2.26. The summed E-state index contributed by atoms with van der Waals surface area (Å²) in [5, 5.41) is 2.48. The number of nitrogens with two attached hydrogens (primary N) is 1. The maximum Gasteiger partial charge on any atom is 0.328 e. The molecule has 0 bridgehead atoms. The predicted octanol–water partition coefficient (Wildman–Crippen LogP) is 0.890. The lowest BCUT2D eigenvalue weighted by molar-refractivity contribution is -0.119. The molecule has 9 nitrogen and oxygen atoms in total. The molecule has 0 saturated carbocycles. The minimum Gasteiger partial charge on any atom is -0.481 e. The Morgan fingerprint density at radius 2 is 1.72 bits per heavy atom. The lowest BCUT2D eigenvalue weighted by atomic mass is 10.1. The summed E-state index contributed by atoms with van der Waals surface area (Å²) >= 11 is 0. The second kappa shape index (κ2) is 7.95. The summed E-state index contributed by atoms with van der Waals surface area (Å²) in [5.41, 5.74) is 5.35. The Morgan fingerprint density at radius 1 is 1.12 bits per heavy atom. The zero-order valence-electron chi connectivity index (χ0n) is 14.0. The Kier molecular flexibility index (Phi) is 5.72. The van der Waals surface area contributed by atoms with Gasteiger partial charge in [0.25, 0.3) is 5.91 Å². The first-order valence-corrected chi connectivity index (χ1v) is 7.28. The number of rotatable bonds is 7. The molecule has 2 rings (SSSR count). The van der Waals surface area contributed by atoms with Crippen LogP contribution in [0.1, 0.15) is 17.3 Å². The number of ether oxygens (including phenoxy) is 3. The topological polar surface area (TPSA) is 126 Å². The largest absolute Gasteiger partial charge is 0.481 e. The van der Waals surface area contributed by atoms with E-state index in [9.17, 15) is 9.59 Å². The number of methoxy groups -OCH3 is 2. The highest BCUT2D eigenvalue weighted by atomic mass is 16.5. The maximum absolute atomic E-state index is 12.3. The van der Waals surface area contributed by atoms with Crippen molar-refractivity contribution < 1.29 is 23.8 Å². The predicted molar refractivity (Wildman–Crippen MR) is 87.8 cm³/mol. The van der Waals surface area contributed by atoms with E-state index in [-0.39, 0.29) is 29.1 Å². The summed E-state index contributed by atoms with van der Waals surface area (Å²) in [5.74, 6) is -0.478. The quantitative estimate of drug-likeness (QED) is 0.762. The van der Waals surface area contributed by atoms with Crippen LogP contribution in [0.15, 0.2) is 30.3 Å². The van der Waals surface area contributed by atoms with E-state index in [1.54, 1.807) is 18.2 Å². The molecule has 25 heavy (non-hydrogen) atoms. The van der Waals surface area contributed by atoms with E-state index in [4.69, 9.17) is 19.9 Å². The number of hydrogen-bond acceptors (Lipinski definition) is 7. The van der Waals surface area contributed by atoms with Crippen molar-refractivity contribution in [3.63, 3.8) is 0 Å². The summed E-state index contributed by atoms with van der Waals surface area (Å²) in [6.07, 6.45) is 0. The van der Waals surface area contributed by atoms with Crippen LogP contribution in [0.5, 0.6) is 23.5 Å². The molecular weight excluding hydrogens is 328 g/mol. The van der Waals surface area contributed by atoms with Crippen LogP contribution in [-0.4, -0.2) is 42.0 Å². The number of para-hydroxylation sites is 1. The molecule has 0 aliphatic carbocycles. The zero-order chi connectivity index (χ0) is 18.4. The van der Waals surface area contributed by atoms with E-state index in [1.807, 2.05) is 0 Å². The van der Waals surface area contributed by atoms with Gasteiger partial charge < -0.3 is 25.3 Å². The summed E-state index contributed by atoms with van der Waals surface area (Å²) in [6.45, 7) is 1.49. The van der Waals surface area contributed by atoms with Gasteiger partial charge in [0.1, 0.15) is 11.8 Å². The molecule has 0 aliphatic rings. The van der Waals surface area contributed by atoms with E-state index >= 15 is 0 Å². The van der Waals surface area contributed by atoms with E-state index in [1.165, 1.54) is 33.3 Å². The third-order valence-electron chi connectivity index (χ3n) is 3.18. The fourth-order valence-electron chi connectivity index (χ4n) is 1.83. The molecule has 0 aliphatic heterocycles. The van der Waals surface area contributed by atoms with Crippen LogP contribution in [-0.2, 0) is 4.79 Å². The van der Waals surface area contributed by atoms with E-state index < -0.39 is 17.9 Å². The average Bonchev–Trinajstić information content (AvgIpc) is 2.61. The van der Waals surface area contributed by atoms with Gasteiger partial charge in [0, 0.05) is 0 Å². The number of carbonyl (C=O) groups excluding carboxylic acids is 2. The first-order chi connectivity index (χ1) is 11.9. The van der Waals surface area contributed by atoms with Gasteiger partial charge in [-0.2, -0.15) is 9.97 Å². The molecule has 1 aromatic heterocycles. The highest BCUT2D eigenvalue weighted by Gasteiger charge is 2.18.